The second-order valence-corrected chi connectivity index (χ2v) is 8.21. The van der Waals surface area contributed by atoms with Gasteiger partial charge in [0.1, 0.15) is 5.60 Å². The number of benzene rings is 1. The first kappa shape index (κ1) is 20.6. The minimum atomic E-state index is -0.760. The monoisotopic (exact) mass is 400 g/mol. The van der Waals surface area contributed by atoms with Crippen molar-refractivity contribution in [1.82, 2.24) is 10.4 Å². The van der Waals surface area contributed by atoms with Gasteiger partial charge in [0.2, 0.25) is 0 Å². The van der Waals surface area contributed by atoms with Crippen LogP contribution < -0.4 is 5.32 Å². The van der Waals surface area contributed by atoms with Gasteiger partial charge in [-0.2, -0.15) is 0 Å². The number of fused-ring (bicyclic) bond motifs is 1. The van der Waals surface area contributed by atoms with E-state index in [4.69, 9.17) is 9.57 Å². The van der Waals surface area contributed by atoms with Gasteiger partial charge in [-0.3, -0.25) is 9.59 Å². The van der Waals surface area contributed by atoms with E-state index in [-0.39, 0.29) is 11.1 Å². The molecule has 3 amide bonds. The third-order valence-corrected chi connectivity index (χ3v) is 4.69. The van der Waals surface area contributed by atoms with Crippen molar-refractivity contribution in [3.63, 3.8) is 0 Å². The number of imide groups is 1. The Morgan fingerprint density at radius 3 is 2.24 bits per heavy atom. The fourth-order valence-corrected chi connectivity index (χ4v) is 3.34. The molecule has 2 atom stereocenters. The highest BCUT2D eigenvalue weighted by Gasteiger charge is 2.42. The standard InChI is InChI=1S/C21H24N2O6/c1-12-9-10-15(16(11-12)22-20(27)28-21(2,3)4)19(26)29-23-17(24)13-7-5-6-8-14(13)18(23)25/h5-9,15-16H,10-11H2,1-4H3,(H,22,27). The molecule has 0 fully saturated rings. The fraction of sp³-hybridized carbons (Fsp3) is 0.429. The van der Waals surface area contributed by atoms with Crippen LogP contribution in [0.3, 0.4) is 0 Å². The number of carbonyl (C=O) groups excluding carboxylic acids is 4. The lowest BCUT2D eigenvalue weighted by Crippen LogP contribution is -2.48. The molecule has 154 valence electrons. The van der Waals surface area contributed by atoms with Gasteiger partial charge in [0.15, 0.2) is 0 Å². The van der Waals surface area contributed by atoms with Crippen LogP contribution in [-0.2, 0) is 14.4 Å². The summed E-state index contributed by atoms with van der Waals surface area (Å²) in [5.41, 5.74) is 0.705. The van der Waals surface area contributed by atoms with E-state index < -0.39 is 41.4 Å². The van der Waals surface area contributed by atoms with Crippen molar-refractivity contribution in [3.8, 4) is 0 Å². The molecule has 2 aliphatic rings. The lowest BCUT2D eigenvalue weighted by Gasteiger charge is -2.31. The summed E-state index contributed by atoms with van der Waals surface area (Å²) in [4.78, 5) is 55.0. The maximum atomic E-state index is 12.8. The highest BCUT2D eigenvalue weighted by molar-refractivity contribution is 6.20. The molecular formula is C21H24N2O6. The molecule has 2 unspecified atom stereocenters. The lowest BCUT2D eigenvalue weighted by molar-refractivity contribution is -0.174. The molecule has 1 aliphatic heterocycles. The second kappa shape index (κ2) is 7.69. The van der Waals surface area contributed by atoms with Gasteiger partial charge in [-0.15, -0.1) is 0 Å². The van der Waals surface area contributed by atoms with E-state index in [0.29, 0.717) is 17.9 Å². The van der Waals surface area contributed by atoms with Crippen molar-refractivity contribution in [2.24, 2.45) is 5.92 Å². The summed E-state index contributed by atoms with van der Waals surface area (Å²) in [5, 5.41) is 3.20. The predicted octanol–water partition coefficient (Wildman–Crippen LogP) is 2.99. The van der Waals surface area contributed by atoms with E-state index in [1.807, 2.05) is 13.0 Å². The molecule has 1 N–H and O–H groups in total. The Hall–Kier alpha value is -3.16. The number of hydroxylamine groups is 2. The number of allylic oxidation sites excluding steroid dienone is 1. The van der Waals surface area contributed by atoms with Gasteiger partial charge in [-0.1, -0.05) is 28.8 Å². The molecule has 0 saturated carbocycles. The van der Waals surface area contributed by atoms with Gasteiger partial charge in [-0.25, -0.2) is 9.59 Å². The molecular weight excluding hydrogens is 376 g/mol. The van der Waals surface area contributed by atoms with Crippen LogP contribution in [0.2, 0.25) is 0 Å². The van der Waals surface area contributed by atoms with E-state index in [2.05, 4.69) is 5.32 Å². The zero-order valence-corrected chi connectivity index (χ0v) is 16.9. The van der Waals surface area contributed by atoms with E-state index >= 15 is 0 Å². The first-order valence-corrected chi connectivity index (χ1v) is 9.41. The van der Waals surface area contributed by atoms with Crippen molar-refractivity contribution in [3.05, 3.63) is 47.0 Å². The Labute approximate surface area is 168 Å². The van der Waals surface area contributed by atoms with E-state index in [9.17, 15) is 19.2 Å². The van der Waals surface area contributed by atoms with Crippen LogP contribution in [0.4, 0.5) is 4.79 Å². The number of amides is 3. The molecule has 0 spiro atoms. The number of hydrogen-bond acceptors (Lipinski definition) is 6. The zero-order chi connectivity index (χ0) is 21.3. The quantitative estimate of drug-likeness (QED) is 0.618. The van der Waals surface area contributed by atoms with Gasteiger partial charge in [0.05, 0.1) is 17.0 Å². The smallest absolute Gasteiger partial charge is 0.407 e. The first-order valence-electron chi connectivity index (χ1n) is 9.41. The van der Waals surface area contributed by atoms with Crippen LogP contribution >= 0.6 is 0 Å². The van der Waals surface area contributed by atoms with Crippen LogP contribution in [0.5, 0.6) is 0 Å². The molecule has 0 radical (unpaired) electrons. The summed E-state index contributed by atoms with van der Waals surface area (Å²) < 4.78 is 5.27. The zero-order valence-electron chi connectivity index (χ0n) is 16.9. The number of carbonyl (C=O) groups is 4. The summed E-state index contributed by atoms with van der Waals surface area (Å²) >= 11 is 0. The van der Waals surface area contributed by atoms with Crippen molar-refractivity contribution in [2.45, 2.75) is 52.2 Å². The molecule has 1 heterocycles. The molecule has 8 nitrogen and oxygen atoms in total. The number of alkyl carbamates (subject to hydrolysis) is 1. The van der Waals surface area contributed by atoms with Crippen molar-refractivity contribution >= 4 is 23.9 Å². The molecule has 0 bridgehead atoms. The summed E-state index contributed by atoms with van der Waals surface area (Å²) in [6.07, 6.45) is 1.98. The average molecular weight is 400 g/mol. The van der Waals surface area contributed by atoms with Crippen LogP contribution in [0.15, 0.2) is 35.9 Å². The summed E-state index contributed by atoms with van der Waals surface area (Å²) in [6, 6.07) is 5.69. The number of ether oxygens (including phenoxy) is 1. The highest BCUT2D eigenvalue weighted by Crippen LogP contribution is 2.28. The molecule has 29 heavy (non-hydrogen) atoms. The minimum absolute atomic E-state index is 0.188. The van der Waals surface area contributed by atoms with Crippen molar-refractivity contribution in [1.29, 1.82) is 0 Å². The maximum Gasteiger partial charge on any atom is 0.407 e. The molecule has 1 aliphatic carbocycles. The molecule has 8 heteroatoms. The van der Waals surface area contributed by atoms with E-state index in [1.165, 1.54) is 12.1 Å². The number of rotatable bonds is 3. The van der Waals surface area contributed by atoms with E-state index in [0.717, 1.165) is 5.57 Å². The van der Waals surface area contributed by atoms with Crippen LogP contribution in [0.1, 0.15) is 61.3 Å². The van der Waals surface area contributed by atoms with Crippen molar-refractivity contribution < 1.29 is 28.8 Å². The topological polar surface area (TPSA) is 102 Å². The predicted molar refractivity (Wildman–Crippen MR) is 103 cm³/mol. The molecule has 1 aromatic carbocycles. The van der Waals surface area contributed by atoms with Gasteiger partial charge < -0.3 is 14.9 Å². The Bertz CT molecular complexity index is 864. The number of nitrogens with one attached hydrogen (secondary N) is 1. The van der Waals surface area contributed by atoms with Crippen LogP contribution in [0.25, 0.3) is 0 Å². The third-order valence-electron chi connectivity index (χ3n) is 4.69. The molecule has 1 aromatic rings. The Morgan fingerprint density at radius 1 is 1.10 bits per heavy atom. The fourth-order valence-electron chi connectivity index (χ4n) is 3.34. The minimum Gasteiger partial charge on any atom is -0.444 e. The van der Waals surface area contributed by atoms with Gasteiger partial charge in [0.25, 0.3) is 11.8 Å². The average Bonchev–Trinajstić information content (AvgIpc) is 2.85. The molecule has 0 aromatic heterocycles. The summed E-state index contributed by atoms with van der Waals surface area (Å²) in [6.45, 7) is 7.13. The second-order valence-electron chi connectivity index (χ2n) is 8.21. The Kier molecular flexibility index (Phi) is 5.46. The summed E-state index contributed by atoms with van der Waals surface area (Å²) in [7, 11) is 0. The SMILES string of the molecule is CC1=CCC(C(=O)ON2C(=O)c3ccccc3C2=O)C(NC(=O)OC(C)(C)C)C1. The summed E-state index contributed by atoms with van der Waals surface area (Å²) in [5.74, 6) is -2.88. The maximum absolute atomic E-state index is 12.8. The van der Waals surface area contributed by atoms with Gasteiger partial charge >= 0.3 is 12.1 Å². The van der Waals surface area contributed by atoms with Gasteiger partial charge in [0, 0.05) is 6.04 Å². The normalized spacial score (nSPS) is 21.4. The number of hydrogen-bond donors (Lipinski definition) is 1. The third kappa shape index (κ3) is 4.47. The Balaban J connectivity index is 1.72. The van der Waals surface area contributed by atoms with Crippen LogP contribution in [0, 0.1) is 5.92 Å². The lowest BCUT2D eigenvalue weighted by atomic mass is 9.85. The largest absolute Gasteiger partial charge is 0.444 e. The van der Waals surface area contributed by atoms with E-state index in [1.54, 1.807) is 32.9 Å². The highest BCUT2D eigenvalue weighted by atomic mass is 16.7. The molecule has 0 saturated heterocycles. The van der Waals surface area contributed by atoms with Gasteiger partial charge in [-0.05, 0) is 52.7 Å². The van der Waals surface area contributed by atoms with Crippen molar-refractivity contribution in [2.75, 3.05) is 0 Å². The Morgan fingerprint density at radius 2 is 1.69 bits per heavy atom. The van der Waals surface area contributed by atoms with Crippen LogP contribution in [-0.4, -0.2) is 40.6 Å². The number of nitrogens with zero attached hydrogens (tertiary/aromatic N) is 1. The first-order chi connectivity index (χ1) is 13.6. The molecule has 3 rings (SSSR count).